The number of nitrogens with one attached hydrogen (secondary N) is 1. The van der Waals surface area contributed by atoms with Crippen molar-refractivity contribution >= 4 is 23.5 Å². The number of halogens is 1. The van der Waals surface area contributed by atoms with E-state index < -0.39 is 0 Å². The molecule has 4 heteroatoms. The predicted molar refractivity (Wildman–Crippen MR) is 75.7 cm³/mol. The molecule has 0 aliphatic carbocycles. The van der Waals surface area contributed by atoms with Gasteiger partial charge in [0.15, 0.2) is 0 Å². The number of ether oxygens (including phenoxy) is 1. The highest BCUT2D eigenvalue weighted by Gasteiger charge is 1.97. The predicted octanol–water partition coefficient (Wildman–Crippen LogP) is 3.79. The summed E-state index contributed by atoms with van der Waals surface area (Å²) in [5.41, 5.74) is 4.67. The Labute approximate surface area is 111 Å². The van der Waals surface area contributed by atoms with E-state index in [1.165, 1.54) is 0 Å². The molecule has 0 radical (unpaired) electrons. The first kappa shape index (κ1) is 12.5. The first-order valence-corrected chi connectivity index (χ1v) is 5.85. The lowest BCUT2D eigenvalue weighted by Crippen LogP contribution is -1.93. The molecule has 0 amide bonds. The van der Waals surface area contributed by atoms with E-state index in [9.17, 15) is 0 Å². The van der Waals surface area contributed by atoms with Crippen molar-refractivity contribution in [3.8, 4) is 5.75 Å². The van der Waals surface area contributed by atoms with E-state index in [0.29, 0.717) is 5.02 Å². The number of hydrazone groups is 1. The molecule has 3 nitrogen and oxygen atoms in total. The van der Waals surface area contributed by atoms with Gasteiger partial charge in [0.1, 0.15) is 5.75 Å². The SMILES string of the molecule is COc1ccccc1/C=N/Nc1cccc(Cl)c1. The Morgan fingerprint density at radius 1 is 1.17 bits per heavy atom. The van der Waals surface area contributed by atoms with Gasteiger partial charge in [-0.15, -0.1) is 0 Å². The van der Waals surface area contributed by atoms with Crippen LogP contribution in [0.15, 0.2) is 53.6 Å². The number of anilines is 1. The molecule has 0 aliphatic heterocycles. The van der Waals surface area contributed by atoms with E-state index in [2.05, 4.69) is 10.5 Å². The largest absolute Gasteiger partial charge is 0.496 e. The average Bonchev–Trinajstić information content (AvgIpc) is 2.39. The van der Waals surface area contributed by atoms with Gasteiger partial charge in [0.25, 0.3) is 0 Å². The van der Waals surface area contributed by atoms with Crippen molar-refractivity contribution in [2.24, 2.45) is 5.10 Å². The molecular formula is C14H13ClN2O. The Morgan fingerprint density at radius 2 is 2.00 bits per heavy atom. The van der Waals surface area contributed by atoms with Crippen molar-refractivity contribution in [1.29, 1.82) is 0 Å². The van der Waals surface area contributed by atoms with Crippen LogP contribution in [0.1, 0.15) is 5.56 Å². The molecule has 0 heterocycles. The van der Waals surface area contributed by atoms with Gasteiger partial charge in [0.05, 0.1) is 19.0 Å². The number of methoxy groups -OCH3 is 1. The van der Waals surface area contributed by atoms with Crippen molar-refractivity contribution < 1.29 is 4.74 Å². The van der Waals surface area contributed by atoms with Gasteiger partial charge in [0.2, 0.25) is 0 Å². The fourth-order valence-electron chi connectivity index (χ4n) is 1.51. The van der Waals surface area contributed by atoms with Crippen molar-refractivity contribution in [2.75, 3.05) is 12.5 Å². The quantitative estimate of drug-likeness (QED) is 0.670. The number of para-hydroxylation sites is 1. The molecule has 92 valence electrons. The van der Waals surface area contributed by atoms with Gasteiger partial charge in [-0.3, -0.25) is 5.43 Å². The second kappa shape index (κ2) is 6.07. The summed E-state index contributed by atoms with van der Waals surface area (Å²) >= 11 is 5.88. The summed E-state index contributed by atoms with van der Waals surface area (Å²) in [7, 11) is 1.64. The normalized spacial score (nSPS) is 10.6. The van der Waals surface area contributed by atoms with Crippen molar-refractivity contribution in [1.82, 2.24) is 0 Å². The third kappa shape index (κ3) is 3.25. The molecule has 1 N–H and O–H groups in total. The summed E-state index contributed by atoms with van der Waals surface area (Å²) in [6, 6.07) is 15.1. The van der Waals surface area contributed by atoms with Crippen LogP contribution < -0.4 is 10.2 Å². The van der Waals surface area contributed by atoms with Gasteiger partial charge in [-0.1, -0.05) is 29.8 Å². The topological polar surface area (TPSA) is 33.6 Å². The Kier molecular flexibility index (Phi) is 4.20. The lowest BCUT2D eigenvalue weighted by atomic mass is 10.2. The van der Waals surface area contributed by atoms with Crippen LogP contribution in [0, 0.1) is 0 Å². The molecule has 2 rings (SSSR count). The molecule has 0 bridgehead atoms. The summed E-state index contributed by atoms with van der Waals surface area (Å²) in [4.78, 5) is 0. The van der Waals surface area contributed by atoms with Gasteiger partial charge in [-0.2, -0.15) is 5.10 Å². The van der Waals surface area contributed by atoms with E-state index in [1.54, 1.807) is 19.4 Å². The molecular weight excluding hydrogens is 248 g/mol. The maximum atomic E-state index is 5.88. The number of hydrogen-bond donors (Lipinski definition) is 1. The summed E-state index contributed by atoms with van der Waals surface area (Å²) in [5, 5.41) is 4.82. The molecule has 18 heavy (non-hydrogen) atoms. The summed E-state index contributed by atoms with van der Waals surface area (Å²) < 4.78 is 5.23. The molecule has 0 saturated heterocycles. The third-order valence-electron chi connectivity index (χ3n) is 2.36. The molecule has 0 aromatic heterocycles. The van der Waals surface area contributed by atoms with Crippen LogP contribution in [0.25, 0.3) is 0 Å². The lowest BCUT2D eigenvalue weighted by molar-refractivity contribution is 0.414. The van der Waals surface area contributed by atoms with Gasteiger partial charge in [0, 0.05) is 10.6 Å². The first-order chi connectivity index (χ1) is 8.79. The van der Waals surface area contributed by atoms with Crippen molar-refractivity contribution in [3.63, 3.8) is 0 Å². The van der Waals surface area contributed by atoms with Gasteiger partial charge < -0.3 is 4.74 Å². The Morgan fingerprint density at radius 3 is 2.78 bits per heavy atom. The smallest absolute Gasteiger partial charge is 0.127 e. The zero-order valence-electron chi connectivity index (χ0n) is 9.93. The van der Waals surface area contributed by atoms with Crippen molar-refractivity contribution in [3.05, 3.63) is 59.1 Å². The zero-order valence-corrected chi connectivity index (χ0v) is 10.7. The first-order valence-electron chi connectivity index (χ1n) is 5.47. The Balaban J connectivity index is 2.07. The highest BCUT2D eigenvalue weighted by molar-refractivity contribution is 6.30. The number of hydrogen-bond acceptors (Lipinski definition) is 3. The summed E-state index contributed by atoms with van der Waals surface area (Å²) in [5.74, 6) is 0.786. The fraction of sp³-hybridized carbons (Fsp3) is 0.0714. The third-order valence-corrected chi connectivity index (χ3v) is 2.60. The van der Waals surface area contributed by atoms with E-state index in [-0.39, 0.29) is 0 Å². The minimum absolute atomic E-state index is 0.674. The monoisotopic (exact) mass is 260 g/mol. The van der Waals surface area contributed by atoms with Gasteiger partial charge >= 0.3 is 0 Å². The van der Waals surface area contributed by atoms with Crippen LogP contribution in [0.3, 0.4) is 0 Å². The highest BCUT2D eigenvalue weighted by atomic mass is 35.5. The maximum Gasteiger partial charge on any atom is 0.127 e. The molecule has 0 fully saturated rings. The minimum Gasteiger partial charge on any atom is -0.496 e. The molecule has 2 aromatic carbocycles. The molecule has 0 saturated carbocycles. The van der Waals surface area contributed by atoms with E-state index in [4.69, 9.17) is 16.3 Å². The van der Waals surface area contributed by atoms with Crippen LogP contribution >= 0.6 is 11.6 Å². The molecule has 0 atom stereocenters. The van der Waals surface area contributed by atoms with Crippen LogP contribution in [-0.4, -0.2) is 13.3 Å². The average molecular weight is 261 g/mol. The minimum atomic E-state index is 0.674. The van der Waals surface area contributed by atoms with E-state index in [0.717, 1.165) is 17.0 Å². The zero-order chi connectivity index (χ0) is 12.8. The fourth-order valence-corrected chi connectivity index (χ4v) is 1.70. The second-order valence-corrected chi connectivity index (χ2v) is 4.06. The number of nitrogens with zero attached hydrogens (tertiary/aromatic N) is 1. The van der Waals surface area contributed by atoms with Gasteiger partial charge in [-0.25, -0.2) is 0 Å². The molecule has 0 spiro atoms. The highest BCUT2D eigenvalue weighted by Crippen LogP contribution is 2.16. The number of rotatable bonds is 4. The summed E-state index contributed by atoms with van der Waals surface area (Å²) in [6.07, 6.45) is 1.71. The Bertz CT molecular complexity index is 555. The molecule has 2 aromatic rings. The van der Waals surface area contributed by atoms with Crippen LogP contribution in [0.5, 0.6) is 5.75 Å². The van der Waals surface area contributed by atoms with Crippen LogP contribution in [-0.2, 0) is 0 Å². The van der Waals surface area contributed by atoms with Crippen LogP contribution in [0.2, 0.25) is 5.02 Å². The van der Waals surface area contributed by atoms with Crippen LogP contribution in [0.4, 0.5) is 5.69 Å². The summed E-state index contributed by atoms with van der Waals surface area (Å²) in [6.45, 7) is 0. The molecule has 0 unspecified atom stereocenters. The second-order valence-electron chi connectivity index (χ2n) is 3.62. The van der Waals surface area contributed by atoms with Crippen molar-refractivity contribution in [2.45, 2.75) is 0 Å². The number of benzene rings is 2. The lowest BCUT2D eigenvalue weighted by Gasteiger charge is -2.03. The Hall–Kier alpha value is -2.00. The van der Waals surface area contributed by atoms with E-state index >= 15 is 0 Å². The standard InChI is InChI=1S/C14H13ClN2O/c1-18-14-8-3-2-5-11(14)10-16-17-13-7-4-6-12(15)9-13/h2-10,17H,1H3/b16-10+. The van der Waals surface area contributed by atoms with E-state index in [1.807, 2.05) is 42.5 Å². The van der Waals surface area contributed by atoms with Gasteiger partial charge in [-0.05, 0) is 30.3 Å². The molecule has 0 aliphatic rings. The maximum absolute atomic E-state index is 5.88.